The first-order valence-electron chi connectivity index (χ1n) is 9.42. The number of unbranched alkanes of at least 4 members (excludes halogenated alkanes) is 1. The molecule has 0 aliphatic rings. The number of hydrogen-bond acceptors (Lipinski definition) is 5. The lowest BCUT2D eigenvalue weighted by molar-refractivity contribution is 0.0981. The summed E-state index contributed by atoms with van der Waals surface area (Å²) in [6, 6.07) is 11.6. The molecule has 5 heteroatoms. The first-order valence-corrected chi connectivity index (χ1v) is 10.2. The smallest absolute Gasteiger partial charge is 0.172 e. The Morgan fingerprint density at radius 3 is 2.41 bits per heavy atom. The molecule has 27 heavy (non-hydrogen) atoms. The molecule has 0 saturated heterocycles. The minimum absolute atomic E-state index is 0.0400. The zero-order valence-corrected chi connectivity index (χ0v) is 17.0. The number of Topliss-reactive ketones (excluding diaryl/α,β-unsaturated/α-hetero) is 2. The molecule has 2 rings (SSSR count). The third kappa shape index (κ3) is 7.01. The fourth-order valence-electron chi connectivity index (χ4n) is 2.79. The van der Waals surface area contributed by atoms with Crippen molar-refractivity contribution < 1.29 is 14.7 Å². The molecule has 2 aromatic rings. The number of rotatable bonds is 11. The van der Waals surface area contributed by atoms with Gasteiger partial charge in [-0.15, -0.1) is 11.3 Å². The average molecular weight is 388 g/mol. The molecule has 1 aromatic carbocycles. The Hall–Kier alpha value is -1.82. The van der Waals surface area contributed by atoms with Crippen LogP contribution >= 0.6 is 11.3 Å². The van der Waals surface area contributed by atoms with Crippen molar-refractivity contribution >= 4 is 22.9 Å². The van der Waals surface area contributed by atoms with Crippen molar-refractivity contribution in [2.24, 2.45) is 5.73 Å². The number of carbonyl (C=O) groups is 2. The van der Waals surface area contributed by atoms with Crippen LogP contribution in [0.15, 0.2) is 36.4 Å². The Kier molecular flexibility index (Phi) is 7.90. The van der Waals surface area contributed by atoms with Crippen LogP contribution in [0.3, 0.4) is 0 Å². The van der Waals surface area contributed by atoms with Crippen LogP contribution in [-0.2, 0) is 12.8 Å². The van der Waals surface area contributed by atoms with Gasteiger partial charge in [0.1, 0.15) is 0 Å². The third-order valence-corrected chi connectivity index (χ3v) is 5.91. The summed E-state index contributed by atoms with van der Waals surface area (Å²) in [4.78, 5) is 25.6. The molecule has 0 spiro atoms. The second kappa shape index (κ2) is 9.93. The topological polar surface area (TPSA) is 80.4 Å². The van der Waals surface area contributed by atoms with Crippen molar-refractivity contribution in [3.8, 4) is 0 Å². The molecule has 0 aliphatic carbocycles. The molecule has 0 fully saturated rings. The first-order chi connectivity index (χ1) is 12.8. The summed E-state index contributed by atoms with van der Waals surface area (Å²) in [6.07, 6.45) is 4.74. The van der Waals surface area contributed by atoms with Gasteiger partial charge in [0.2, 0.25) is 0 Å². The maximum atomic E-state index is 12.4. The van der Waals surface area contributed by atoms with Crippen molar-refractivity contribution in [1.82, 2.24) is 0 Å². The van der Waals surface area contributed by atoms with Gasteiger partial charge in [0.25, 0.3) is 0 Å². The largest absolute Gasteiger partial charge is 0.394 e. The van der Waals surface area contributed by atoms with Gasteiger partial charge < -0.3 is 10.8 Å². The van der Waals surface area contributed by atoms with E-state index in [-0.39, 0.29) is 18.2 Å². The number of aliphatic hydroxyl groups is 1. The molecule has 0 radical (unpaired) electrons. The highest BCUT2D eigenvalue weighted by Gasteiger charge is 2.17. The Balaban J connectivity index is 1.73. The predicted octanol–water partition coefficient (Wildman–Crippen LogP) is 4.19. The number of ketones is 2. The number of carbonyl (C=O) groups excluding carboxylic acids is 2. The van der Waals surface area contributed by atoms with E-state index in [9.17, 15) is 14.7 Å². The van der Waals surface area contributed by atoms with Crippen molar-refractivity contribution in [3.05, 3.63) is 57.3 Å². The predicted molar refractivity (Wildman–Crippen MR) is 111 cm³/mol. The van der Waals surface area contributed by atoms with Gasteiger partial charge in [0.15, 0.2) is 11.6 Å². The molecular formula is C22H29NO3S. The van der Waals surface area contributed by atoms with Gasteiger partial charge in [-0.05, 0) is 63.6 Å². The SMILES string of the molecule is CC(=O)c1ccc(CCCCC(=O)c2ccc(CCC(C)(N)CO)s2)cc1. The van der Waals surface area contributed by atoms with Crippen LogP contribution in [-0.4, -0.2) is 28.8 Å². The fourth-order valence-corrected chi connectivity index (χ4v) is 3.77. The molecule has 0 saturated carbocycles. The molecule has 1 heterocycles. The standard InChI is InChI=1S/C22H29NO3S/c1-16(25)18-9-7-17(8-10-18)5-3-4-6-20(26)21-12-11-19(27-21)13-14-22(2,23)15-24/h7-12,24H,3-6,13-15,23H2,1-2H3. The Bertz CT molecular complexity index is 762. The lowest BCUT2D eigenvalue weighted by Crippen LogP contribution is -2.40. The molecule has 3 N–H and O–H groups in total. The number of aliphatic hydroxyl groups excluding tert-OH is 1. The van der Waals surface area contributed by atoms with Crippen molar-refractivity contribution in [1.29, 1.82) is 0 Å². The normalized spacial score (nSPS) is 13.3. The Morgan fingerprint density at radius 1 is 1.07 bits per heavy atom. The van der Waals surface area contributed by atoms with E-state index in [2.05, 4.69) is 0 Å². The van der Waals surface area contributed by atoms with E-state index >= 15 is 0 Å². The molecule has 1 aromatic heterocycles. The van der Waals surface area contributed by atoms with Crippen LogP contribution in [0.25, 0.3) is 0 Å². The van der Waals surface area contributed by atoms with Crippen LogP contribution in [0.2, 0.25) is 0 Å². The van der Waals surface area contributed by atoms with E-state index in [1.165, 1.54) is 16.9 Å². The van der Waals surface area contributed by atoms with Crippen LogP contribution in [0, 0.1) is 0 Å². The van der Waals surface area contributed by atoms with Crippen molar-refractivity contribution in [2.45, 2.75) is 57.9 Å². The maximum absolute atomic E-state index is 12.4. The van der Waals surface area contributed by atoms with Crippen LogP contribution in [0.1, 0.15) is 70.0 Å². The summed E-state index contributed by atoms with van der Waals surface area (Å²) in [5.41, 5.74) is 7.31. The van der Waals surface area contributed by atoms with E-state index in [0.717, 1.165) is 41.0 Å². The van der Waals surface area contributed by atoms with Gasteiger partial charge >= 0.3 is 0 Å². The number of hydrogen-bond donors (Lipinski definition) is 2. The van der Waals surface area contributed by atoms with Gasteiger partial charge in [0.05, 0.1) is 11.5 Å². The maximum Gasteiger partial charge on any atom is 0.172 e. The Labute approximate surface area is 165 Å². The third-order valence-electron chi connectivity index (χ3n) is 4.72. The summed E-state index contributed by atoms with van der Waals surface area (Å²) in [5.74, 6) is 0.269. The Morgan fingerprint density at radius 2 is 1.78 bits per heavy atom. The van der Waals surface area contributed by atoms with E-state index < -0.39 is 5.54 Å². The lowest BCUT2D eigenvalue weighted by Gasteiger charge is -2.20. The molecule has 4 nitrogen and oxygen atoms in total. The van der Waals surface area contributed by atoms with Gasteiger partial charge in [-0.2, -0.15) is 0 Å². The minimum atomic E-state index is -0.573. The molecule has 0 bridgehead atoms. The molecule has 1 atom stereocenters. The molecule has 1 unspecified atom stereocenters. The number of thiophene rings is 1. The van der Waals surface area contributed by atoms with E-state index in [4.69, 9.17) is 5.73 Å². The van der Waals surface area contributed by atoms with E-state index in [0.29, 0.717) is 12.8 Å². The van der Waals surface area contributed by atoms with Gasteiger partial charge in [-0.3, -0.25) is 9.59 Å². The average Bonchev–Trinajstić information content (AvgIpc) is 3.13. The highest BCUT2D eigenvalue weighted by molar-refractivity contribution is 7.14. The molecule has 146 valence electrons. The second-order valence-corrected chi connectivity index (χ2v) is 8.63. The lowest BCUT2D eigenvalue weighted by atomic mass is 9.98. The van der Waals surface area contributed by atoms with Crippen LogP contribution < -0.4 is 5.73 Å². The van der Waals surface area contributed by atoms with E-state index in [1.807, 2.05) is 43.3 Å². The van der Waals surface area contributed by atoms with Crippen LogP contribution in [0.5, 0.6) is 0 Å². The summed E-state index contributed by atoms with van der Waals surface area (Å²) >= 11 is 1.53. The minimum Gasteiger partial charge on any atom is -0.394 e. The fraction of sp³-hybridized carbons (Fsp3) is 0.455. The van der Waals surface area contributed by atoms with Crippen LogP contribution in [0.4, 0.5) is 0 Å². The van der Waals surface area contributed by atoms with Crippen molar-refractivity contribution in [2.75, 3.05) is 6.61 Å². The zero-order chi connectivity index (χ0) is 19.9. The van der Waals surface area contributed by atoms with E-state index in [1.54, 1.807) is 6.92 Å². The monoisotopic (exact) mass is 387 g/mol. The summed E-state index contributed by atoms with van der Waals surface area (Å²) in [5, 5.41) is 9.22. The highest BCUT2D eigenvalue weighted by Crippen LogP contribution is 2.22. The molecular weight excluding hydrogens is 358 g/mol. The summed E-state index contributed by atoms with van der Waals surface area (Å²) < 4.78 is 0. The number of benzene rings is 1. The second-order valence-electron chi connectivity index (χ2n) is 7.46. The number of nitrogens with two attached hydrogens (primary N) is 1. The van der Waals surface area contributed by atoms with Gasteiger partial charge in [-0.1, -0.05) is 24.3 Å². The molecule has 0 amide bonds. The van der Waals surface area contributed by atoms with Crippen molar-refractivity contribution in [3.63, 3.8) is 0 Å². The summed E-state index contributed by atoms with van der Waals surface area (Å²) in [7, 11) is 0. The molecule has 0 aliphatic heterocycles. The van der Waals surface area contributed by atoms with Gasteiger partial charge in [0, 0.05) is 22.4 Å². The quantitative estimate of drug-likeness (QED) is 0.447. The first kappa shape index (κ1) is 21.5. The zero-order valence-electron chi connectivity index (χ0n) is 16.2. The highest BCUT2D eigenvalue weighted by atomic mass is 32.1. The summed E-state index contributed by atoms with van der Waals surface area (Å²) in [6.45, 7) is 3.36. The van der Waals surface area contributed by atoms with Gasteiger partial charge in [-0.25, -0.2) is 0 Å². The number of aryl methyl sites for hydroxylation is 2.